The average molecular weight is 478 g/mol. The van der Waals surface area contributed by atoms with Crippen LogP contribution < -0.4 is 4.74 Å². The molecule has 5 heterocycles. The molecule has 180 valence electrons. The number of rotatable bonds is 6. The highest BCUT2D eigenvalue weighted by molar-refractivity contribution is 5.78. The van der Waals surface area contributed by atoms with E-state index in [9.17, 15) is 15.0 Å². The highest BCUT2D eigenvalue weighted by Gasteiger charge is 2.28. The van der Waals surface area contributed by atoms with Crippen LogP contribution in [0.15, 0.2) is 48.9 Å². The molecule has 11 heteroatoms. The summed E-state index contributed by atoms with van der Waals surface area (Å²) in [4.78, 5) is 26.4. The Bertz CT molecular complexity index is 1380. The van der Waals surface area contributed by atoms with Gasteiger partial charge in [0.05, 0.1) is 36.1 Å². The summed E-state index contributed by atoms with van der Waals surface area (Å²) in [5, 5.41) is 23.0. The van der Waals surface area contributed by atoms with Gasteiger partial charge in [-0.1, -0.05) is 6.07 Å². The fourth-order valence-electron chi connectivity index (χ4n) is 4.15. The number of pyridine rings is 2. The molecule has 1 atom stereocenters. The van der Waals surface area contributed by atoms with E-state index in [1.54, 1.807) is 29.0 Å². The summed E-state index contributed by atoms with van der Waals surface area (Å²) in [5.41, 5.74) is 2.10. The molecule has 0 saturated carbocycles. The van der Waals surface area contributed by atoms with E-state index < -0.39 is 24.4 Å². The van der Waals surface area contributed by atoms with Gasteiger partial charge in [0.15, 0.2) is 5.82 Å². The van der Waals surface area contributed by atoms with Gasteiger partial charge >= 0.3 is 0 Å². The number of carbonyl (C=O) groups is 1. The van der Waals surface area contributed by atoms with Crippen LogP contribution in [0.1, 0.15) is 18.5 Å². The second kappa shape index (κ2) is 9.72. The molecule has 1 aliphatic rings. The molecule has 0 radical (unpaired) electrons. The van der Waals surface area contributed by atoms with Crippen LogP contribution in [0.25, 0.3) is 28.2 Å². The molecule has 1 amide bonds. The molecule has 0 aliphatic carbocycles. The fourth-order valence-corrected chi connectivity index (χ4v) is 4.15. The number of hydrogen-bond donors (Lipinski definition) is 2. The SMILES string of the molecule is O=C(CO)N1CCC[C@@H](Oc2nc(-c3cnn4ccccc34)nc(-c3ccnc(CO)c3)c2F)C1. The van der Waals surface area contributed by atoms with Crippen LogP contribution in [0.3, 0.4) is 0 Å². The maximum absolute atomic E-state index is 15.7. The van der Waals surface area contributed by atoms with E-state index >= 15 is 4.39 Å². The first-order valence-corrected chi connectivity index (χ1v) is 11.2. The van der Waals surface area contributed by atoms with Crippen LogP contribution in [0.2, 0.25) is 0 Å². The summed E-state index contributed by atoms with van der Waals surface area (Å²) < 4.78 is 23.4. The fraction of sp³-hybridized carbons (Fsp3) is 0.292. The van der Waals surface area contributed by atoms with Crippen molar-refractivity contribution in [3.63, 3.8) is 0 Å². The van der Waals surface area contributed by atoms with Gasteiger partial charge in [-0.2, -0.15) is 14.5 Å². The third-order valence-electron chi connectivity index (χ3n) is 5.88. The second-order valence-electron chi connectivity index (χ2n) is 8.18. The molecule has 4 aromatic heterocycles. The average Bonchev–Trinajstić information content (AvgIpc) is 3.34. The molecule has 0 spiro atoms. The molecule has 0 bridgehead atoms. The van der Waals surface area contributed by atoms with Gasteiger partial charge in [0.1, 0.15) is 18.4 Å². The zero-order chi connectivity index (χ0) is 24.4. The highest BCUT2D eigenvalue weighted by Crippen LogP contribution is 2.32. The third-order valence-corrected chi connectivity index (χ3v) is 5.88. The number of hydrogen-bond acceptors (Lipinski definition) is 8. The topological polar surface area (TPSA) is 126 Å². The zero-order valence-electron chi connectivity index (χ0n) is 18.7. The van der Waals surface area contributed by atoms with Crippen molar-refractivity contribution in [2.24, 2.45) is 0 Å². The predicted molar refractivity (Wildman–Crippen MR) is 123 cm³/mol. The van der Waals surface area contributed by atoms with E-state index in [-0.39, 0.29) is 30.5 Å². The van der Waals surface area contributed by atoms with Crippen molar-refractivity contribution in [3.05, 3.63) is 60.4 Å². The van der Waals surface area contributed by atoms with Gasteiger partial charge in [-0.05, 0) is 37.1 Å². The lowest BCUT2D eigenvalue weighted by Gasteiger charge is -2.32. The van der Waals surface area contributed by atoms with E-state index in [4.69, 9.17) is 4.74 Å². The molecule has 0 unspecified atom stereocenters. The first-order valence-electron chi connectivity index (χ1n) is 11.2. The molecule has 4 aromatic rings. The molecular formula is C24H23FN6O4. The molecule has 1 aliphatic heterocycles. The minimum atomic E-state index is -0.758. The van der Waals surface area contributed by atoms with Crippen molar-refractivity contribution in [1.29, 1.82) is 0 Å². The monoisotopic (exact) mass is 478 g/mol. The number of fused-ring (bicyclic) bond motifs is 1. The van der Waals surface area contributed by atoms with Crippen LogP contribution >= 0.6 is 0 Å². The summed E-state index contributed by atoms with van der Waals surface area (Å²) >= 11 is 0. The minimum absolute atomic E-state index is 0.00326. The highest BCUT2D eigenvalue weighted by atomic mass is 19.1. The predicted octanol–water partition coefficient (Wildman–Crippen LogP) is 1.85. The van der Waals surface area contributed by atoms with E-state index in [1.165, 1.54) is 11.1 Å². The Morgan fingerprint density at radius 1 is 1.23 bits per heavy atom. The molecule has 1 saturated heterocycles. The summed E-state index contributed by atoms with van der Waals surface area (Å²) in [5.74, 6) is -1.18. The van der Waals surface area contributed by atoms with Gasteiger partial charge < -0.3 is 19.8 Å². The molecule has 1 fully saturated rings. The van der Waals surface area contributed by atoms with Crippen molar-refractivity contribution in [2.75, 3.05) is 19.7 Å². The second-order valence-corrected chi connectivity index (χ2v) is 8.18. The van der Waals surface area contributed by atoms with Gasteiger partial charge in [0.25, 0.3) is 5.88 Å². The molecule has 10 nitrogen and oxygen atoms in total. The van der Waals surface area contributed by atoms with Crippen LogP contribution in [-0.4, -0.2) is 71.4 Å². The molecule has 5 rings (SSSR count). The number of carbonyl (C=O) groups excluding carboxylic acids is 1. The zero-order valence-corrected chi connectivity index (χ0v) is 18.7. The third kappa shape index (κ3) is 4.55. The van der Waals surface area contributed by atoms with Crippen LogP contribution in [0, 0.1) is 5.82 Å². The van der Waals surface area contributed by atoms with Gasteiger partial charge in [-0.15, -0.1) is 0 Å². The van der Waals surface area contributed by atoms with Crippen molar-refractivity contribution in [3.8, 4) is 28.5 Å². The van der Waals surface area contributed by atoms with Gasteiger partial charge in [-0.25, -0.2) is 9.50 Å². The van der Waals surface area contributed by atoms with E-state index in [2.05, 4.69) is 20.1 Å². The Hall–Kier alpha value is -3.96. The molecular weight excluding hydrogens is 455 g/mol. The number of amides is 1. The van der Waals surface area contributed by atoms with Crippen LogP contribution in [0.4, 0.5) is 4.39 Å². The number of nitrogens with zero attached hydrogens (tertiary/aromatic N) is 6. The lowest BCUT2D eigenvalue weighted by atomic mass is 10.1. The van der Waals surface area contributed by atoms with Gasteiger partial charge in [0, 0.05) is 24.5 Å². The van der Waals surface area contributed by atoms with Gasteiger partial charge in [0.2, 0.25) is 11.7 Å². The van der Waals surface area contributed by atoms with Crippen molar-refractivity contribution in [2.45, 2.75) is 25.6 Å². The quantitative estimate of drug-likeness (QED) is 0.430. The largest absolute Gasteiger partial charge is 0.470 e. The Morgan fingerprint density at radius 3 is 2.94 bits per heavy atom. The molecule has 2 N–H and O–H groups in total. The van der Waals surface area contributed by atoms with Crippen LogP contribution in [-0.2, 0) is 11.4 Å². The number of ether oxygens (including phenoxy) is 1. The molecule has 0 aromatic carbocycles. The first-order chi connectivity index (χ1) is 17.1. The van der Waals surface area contributed by atoms with Gasteiger partial charge in [-0.3, -0.25) is 9.78 Å². The number of piperidine rings is 1. The van der Waals surface area contributed by atoms with Crippen LogP contribution in [0.5, 0.6) is 5.88 Å². The Labute approximate surface area is 199 Å². The van der Waals surface area contributed by atoms with E-state index in [0.717, 1.165) is 5.52 Å². The summed E-state index contributed by atoms with van der Waals surface area (Å²) in [6, 6.07) is 8.69. The standard InChI is InChI=1S/C24H23FN6O4/c25-21-22(15-6-7-26-16(10-15)13-32)28-23(18-11-27-31-9-2-1-5-19(18)31)29-24(21)35-17-4-3-8-30(12-17)20(34)14-33/h1-2,5-7,9-11,17,32-33H,3-4,8,12-14H2/t17-/m1/s1. The summed E-state index contributed by atoms with van der Waals surface area (Å²) in [7, 11) is 0. The Morgan fingerprint density at radius 2 is 2.11 bits per heavy atom. The Balaban J connectivity index is 1.59. The van der Waals surface area contributed by atoms with E-state index in [1.807, 2.05) is 18.2 Å². The van der Waals surface area contributed by atoms with E-state index in [0.29, 0.717) is 36.2 Å². The maximum atomic E-state index is 15.7. The van der Waals surface area contributed by atoms with Crippen molar-refractivity contribution >= 4 is 11.4 Å². The maximum Gasteiger partial charge on any atom is 0.255 e. The lowest BCUT2D eigenvalue weighted by molar-refractivity contribution is -0.136. The normalized spacial score (nSPS) is 16.0. The number of halogens is 1. The number of aromatic nitrogens is 5. The first kappa shape index (κ1) is 22.8. The smallest absolute Gasteiger partial charge is 0.255 e. The minimum Gasteiger partial charge on any atom is -0.470 e. The number of likely N-dealkylation sites (tertiary alicyclic amines) is 1. The van der Waals surface area contributed by atoms with Crippen molar-refractivity contribution in [1.82, 2.24) is 29.5 Å². The number of aliphatic hydroxyl groups is 2. The molecule has 35 heavy (non-hydrogen) atoms. The Kier molecular flexibility index (Phi) is 6.34. The number of aliphatic hydroxyl groups excluding tert-OH is 2. The lowest BCUT2D eigenvalue weighted by Crippen LogP contribution is -2.45. The summed E-state index contributed by atoms with van der Waals surface area (Å²) in [6.07, 6.45) is 5.61. The summed E-state index contributed by atoms with van der Waals surface area (Å²) in [6.45, 7) is -0.173. The van der Waals surface area contributed by atoms with Crippen molar-refractivity contribution < 1.29 is 24.1 Å².